The molecule has 5 aliphatic heterocycles. The number of aliphatic hydroxyl groups is 5. The standard InChI is InChI=1S/C77H95NO12/c1-74(86)45-78-57-37-52(36-54(38-57)72(84)75(28-10-11-29-75)32-27-46-19-23-58(24-20-46)88-44-66(74)81)49-21-22-50-43-68(82)90-71-59(50)40-53(70(83)69(71)48-14-4-2-5-15-48)42-67-77(87)62-18-7-6-16-51(62)39-60-61(64(79)26-25-63(60)77)34-47-13-12-17-56(33-47)76(30-8-3-9-31-76)65(80)41-55(35-49)73(85)89-67/h12-13,17,33,36-38,40-41,46,48-51,58,60-63,65-67,72,78,80-81,83-84,86-87H,2-11,14-16,18-20,23-26,28-31,34-35,39,42-45H2,1H3. The van der Waals surface area contributed by atoms with Crippen molar-refractivity contribution >= 4 is 23.4 Å². The number of carbonyl (C=O) groups is 3. The van der Waals surface area contributed by atoms with E-state index < -0.39 is 76.1 Å². The van der Waals surface area contributed by atoms with Gasteiger partial charge in [0.15, 0.2) is 0 Å². The van der Waals surface area contributed by atoms with Gasteiger partial charge < -0.3 is 50.2 Å². The molecule has 3 aromatic carbocycles. The van der Waals surface area contributed by atoms with Crippen LogP contribution >= 0.6 is 0 Å². The van der Waals surface area contributed by atoms with Crippen molar-refractivity contribution in [3.8, 4) is 35.2 Å². The second-order valence-corrected chi connectivity index (χ2v) is 30.3. The first-order valence-corrected chi connectivity index (χ1v) is 35.1. The molecule has 5 heterocycles. The van der Waals surface area contributed by atoms with Crippen molar-refractivity contribution in [2.75, 3.05) is 18.5 Å². The highest BCUT2D eigenvalue weighted by Gasteiger charge is 2.62. The van der Waals surface area contributed by atoms with Crippen LogP contribution in [0.2, 0.25) is 0 Å². The predicted octanol–water partition coefficient (Wildman–Crippen LogP) is 12.1. The Morgan fingerprint density at radius 1 is 0.700 bits per heavy atom. The molecule has 0 aromatic heterocycles. The Morgan fingerprint density at radius 2 is 1.43 bits per heavy atom. The Kier molecular flexibility index (Phi) is 17.3. The number of phenolic OH excluding ortho intramolecular Hbond substituents is 1. The lowest BCUT2D eigenvalue weighted by Crippen LogP contribution is -2.65. The number of Topliss-reactive ketones (excluding diaryl/α,β-unsaturated/α-hetero) is 1. The van der Waals surface area contributed by atoms with Crippen LogP contribution in [0.25, 0.3) is 0 Å². The third-order valence-electron chi connectivity index (χ3n) is 24.9. The summed E-state index contributed by atoms with van der Waals surface area (Å²) >= 11 is 0. The molecule has 13 unspecified atom stereocenters. The Morgan fingerprint density at radius 3 is 2.23 bits per heavy atom. The van der Waals surface area contributed by atoms with Crippen LogP contribution in [0.4, 0.5) is 5.69 Å². The normalized spacial score (nSPS) is 36.8. The van der Waals surface area contributed by atoms with Gasteiger partial charge in [-0.25, -0.2) is 4.79 Å². The van der Waals surface area contributed by atoms with Crippen LogP contribution in [0.3, 0.4) is 0 Å². The number of aliphatic hydroxyl groups excluding tert-OH is 3. The van der Waals surface area contributed by atoms with Gasteiger partial charge in [0.1, 0.15) is 40.7 Å². The number of ether oxygens (including phenoxy) is 3. The van der Waals surface area contributed by atoms with Crippen molar-refractivity contribution in [3.05, 3.63) is 99.1 Å². The number of fused-ring (bicyclic) bond motifs is 17. The summed E-state index contributed by atoms with van der Waals surface area (Å²) in [5, 5.41) is 81.4. The number of benzene rings is 3. The fourth-order valence-corrected chi connectivity index (χ4v) is 19.7. The molecule has 480 valence electrons. The maximum Gasteiger partial charge on any atom is 0.334 e. The Bertz CT molecular complexity index is 3390. The monoisotopic (exact) mass is 1230 g/mol. The molecule has 90 heavy (non-hydrogen) atoms. The molecule has 7 aliphatic carbocycles. The second kappa shape index (κ2) is 25.1. The lowest BCUT2D eigenvalue weighted by molar-refractivity contribution is -0.228. The molecule has 15 rings (SSSR count). The van der Waals surface area contributed by atoms with Gasteiger partial charge in [0.2, 0.25) is 0 Å². The molecule has 13 atom stereocenters. The van der Waals surface area contributed by atoms with Crippen molar-refractivity contribution in [2.24, 2.45) is 40.9 Å². The van der Waals surface area contributed by atoms with Gasteiger partial charge in [-0.1, -0.05) is 125 Å². The van der Waals surface area contributed by atoms with E-state index in [4.69, 9.17) is 14.2 Å². The third-order valence-corrected chi connectivity index (χ3v) is 24.9. The number of hydrogen-bond donors (Lipinski definition) is 7. The molecule has 3 aromatic rings. The van der Waals surface area contributed by atoms with Crippen LogP contribution in [0.1, 0.15) is 243 Å². The van der Waals surface area contributed by atoms with Gasteiger partial charge in [0, 0.05) is 64.9 Å². The zero-order chi connectivity index (χ0) is 62.1. The molecule has 0 amide bonds. The highest BCUT2D eigenvalue weighted by Crippen LogP contribution is 2.60. The number of aromatic hydroxyl groups is 1. The minimum atomic E-state index is -1.65. The van der Waals surface area contributed by atoms with Gasteiger partial charge in [-0.2, -0.15) is 0 Å². The summed E-state index contributed by atoms with van der Waals surface area (Å²) in [6.45, 7) is 1.45. The number of carbonyl (C=O) groups excluding carboxylic acids is 3. The van der Waals surface area contributed by atoms with E-state index in [2.05, 4.69) is 53.3 Å². The average molecular weight is 1230 g/mol. The molecule has 0 radical (unpaired) electrons. The number of hydrogen-bond acceptors (Lipinski definition) is 13. The van der Waals surface area contributed by atoms with Crippen LogP contribution in [0.15, 0.2) is 60.2 Å². The fraction of sp³-hybridized carbons (Fsp3) is 0.649. The lowest BCUT2D eigenvalue weighted by Gasteiger charge is -2.59. The number of rotatable bonds is 2. The van der Waals surface area contributed by atoms with Gasteiger partial charge in [0.25, 0.3) is 0 Å². The van der Waals surface area contributed by atoms with Gasteiger partial charge in [-0.3, -0.25) is 9.59 Å². The number of anilines is 1. The molecule has 0 saturated heterocycles. The summed E-state index contributed by atoms with van der Waals surface area (Å²) in [6, 6.07) is 16.2. The average Bonchev–Trinajstić information content (AvgIpc) is 0.858. The molecule has 7 fully saturated rings. The number of esters is 2. The van der Waals surface area contributed by atoms with E-state index >= 15 is 4.79 Å². The first-order chi connectivity index (χ1) is 43.5. The Balaban J connectivity index is 0.994. The van der Waals surface area contributed by atoms with Crippen molar-refractivity contribution in [1.29, 1.82) is 0 Å². The van der Waals surface area contributed by atoms with Crippen LogP contribution in [-0.4, -0.2) is 97.1 Å². The van der Waals surface area contributed by atoms with Gasteiger partial charge >= 0.3 is 11.9 Å². The smallest absolute Gasteiger partial charge is 0.334 e. The van der Waals surface area contributed by atoms with Crippen LogP contribution in [0.5, 0.6) is 11.5 Å². The number of ketones is 1. The minimum Gasteiger partial charge on any atom is -0.507 e. The van der Waals surface area contributed by atoms with Crippen molar-refractivity contribution in [2.45, 2.75) is 258 Å². The van der Waals surface area contributed by atoms with Crippen LogP contribution in [0, 0.1) is 64.6 Å². The lowest BCUT2D eigenvalue weighted by atomic mass is 9.48. The van der Waals surface area contributed by atoms with E-state index in [1.54, 1.807) is 13.0 Å². The van der Waals surface area contributed by atoms with Crippen molar-refractivity contribution in [3.63, 3.8) is 0 Å². The van der Waals surface area contributed by atoms with Gasteiger partial charge in [-0.05, 0) is 185 Å². The molecule has 2 spiro atoms. The van der Waals surface area contributed by atoms with E-state index in [0.717, 1.165) is 133 Å². The van der Waals surface area contributed by atoms with E-state index in [0.29, 0.717) is 77.8 Å². The minimum absolute atomic E-state index is 0.0152. The highest BCUT2D eigenvalue weighted by molar-refractivity contribution is 5.89. The summed E-state index contributed by atoms with van der Waals surface area (Å²) in [5.74, 6) is 11.2. The van der Waals surface area contributed by atoms with E-state index in [1.165, 1.54) is 0 Å². The highest BCUT2D eigenvalue weighted by atomic mass is 16.6. The van der Waals surface area contributed by atoms with Crippen molar-refractivity contribution in [1.82, 2.24) is 0 Å². The predicted molar refractivity (Wildman–Crippen MR) is 341 cm³/mol. The first kappa shape index (κ1) is 62.0. The maximum atomic E-state index is 16.5. The Labute approximate surface area is 531 Å². The molecule has 7 saturated carbocycles. The van der Waals surface area contributed by atoms with Crippen LogP contribution in [-0.2, 0) is 42.1 Å². The summed E-state index contributed by atoms with van der Waals surface area (Å²) in [7, 11) is 0. The largest absolute Gasteiger partial charge is 0.507 e. The maximum absolute atomic E-state index is 16.5. The van der Waals surface area contributed by atoms with E-state index in [-0.39, 0.29) is 97.6 Å². The van der Waals surface area contributed by atoms with E-state index in [9.17, 15) is 40.2 Å². The topological polar surface area (TPSA) is 212 Å². The molecule has 14 bridgehead atoms. The summed E-state index contributed by atoms with van der Waals surface area (Å²) in [4.78, 5) is 45.6. The van der Waals surface area contributed by atoms with Gasteiger partial charge in [0.05, 0.1) is 42.7 Å². The summed E-state index contributed by atoms with van der Waals surface area (Å²) in [5.41, 5.74) is 0.747. The number of phenols is 1. The molecule has 12 aliphatic rings. The van der Waals surface area contributed by atoms with Gasteiger partial charge in [-0.15, -0.1) is 0 Å². The number of nitrogens with one attached hydrogen (secondary N) is 1. The Hall–Kier alpha value is -5.51. The van der Waals surface area contributed by atoms with Crippen LogP contribution < -0.4 is 10.1 Å². The molecule has 13 heteroatoms. The molecular weight excluding hydrogens is 1130 g/mol. The molecule has 13 nitrogen and oxygen atoms in total. The summed E-state index contributed by atoms with van der Waals surface area (Å²) < 4.78 is 19.9. The molecular formula is C77H95NO12. The zero-order valence-electron chi connectivity index (χ0n) is 52.8. The SMILES string of the molecule is CC1(O)CNc2cc(C3C#CC4CC(=O)Oc5c4cc(c(O)c5C4CCCCC4)CC4OC(=O)C(=CC(O)C5(CCCCC5)c5cccc(c5)CC5C(=O)CCC6C5CC5CCCCC5C46O)C3)cc(c2)C(O)C2(C#CC3CCC(CC3)OCC1O)CCCC2. The van der Waals surface area contributed by atoms with Crippen molar-refractivity contribution < 1.29 is 59.2 Å². The zero-order valence-corrected chi connectivity index (χ0v) is 52.8. The quantitative estimate of drug-likeness (QED) is 0.0724. The van der Waals surface area contributed by atoms with E-state index in [1.807, 2.05) is 24.3 Å². The molecule has 7 N–H and O–H groups in total. The first-order valence-electron chi connectivity index (χ1n) is 35.1. The fourth-order valence-electron chi connectivity index (χ4n) is 19.7. The third kappa shape index (κ3) is 11.6. The summed E-state index contributed by atoms with van der Waals surface area (Å²) in [6.07, 6.45) is 17.2. The second-order valence-electron chi connectivity index (χ2n) is 30.3.